The van der Waals surface area contributed by atoms with Crippen molar-refractivity contribution in [3.05, 3.63) is 24.3 Å². The fourth-order valence-electron chi connectivity index (χ4n) is 1.78. The van der Waals surface area contributed by atoms with Gasteiger partial charge in [0.05, 0.1) is 20.3 Å². The van der Waals surface area contributed by atoms with E-state index in [9.17, 15) is 0 Å². The average Bonchev–Trinajstić information content (AvgIpc) is 2.53. The maximum absolute atomic E-state index is 5.84. The van der Waals surface area contributed by atoms with Crippen molar-refractivity contribution in [1.82, 2.24) is 10.6 Å². The monoisotopic (exact) mass is 437 g/mol. The third-order valence-corrected chi connectivity index (χ3v) is 2.83. The average molecular weight is 437 g/mol. The number of nitrogens with zero attached hydrogens (tertiary/aromatic N) is 1. The van der Waals surface area contributed by atoms with Crippen molar-refractivity contribution in [2.45, 2.75) is 20.0 Å². The largest absolute Gasteiger partial charge is 0.497 e. The molecule has 1 aromatic carbocycles. The summed E-state index contributed by atoms with van der Waals surface area (Å²) in [7, 11) is 3.32. The minimum atomic E-state index is -0.0370. The molecule has 7 heteroatoms. The molecule has 0 fully saturated rings. The van der Waals surface area contributed by atoms with E-state index < -0.39 is 0 Å². The van der Waals surface area contributed by atoms with E-state index in [4.69, 9.17) is 14.2 Å². The summed E-state index contributed by atoms with van der Waals surface area (Å²) < 4.78 is 16.0. The molecular weight excluding hydrogens is 409 g/mol. The van der Waals surface area contributed by atoms with Crippen LogP contribution in [0, 0.1) is 0 Å². The Morgan fingerprint density at radius 1 is 1.22 bits per heavy atom. The molecule has 0 spiro atoms. The highest BCUT2D eigenvalue weighted by Crippen LogP contribution is 2.19. The molecule has 0 heterocycles. The first-order chi connectivity index (χ1) is 10.7. The van der Waals surface area contributed by atoms with Gasteiger partial charge in [0.1, 0.15) is 17.6 Å². The molecule has 6 nitrogen and oxygen atoms in total. The molecule has 0 bridgehead atoms. The summed E-state index contributed by atoms with van der Waals surface area (Å²) in [5.74, 6) is 2.32. The number of nitrogens with one attached hydrogen (secondary N) is 2. The molecule has 132 valence electrons. The molecule has 0 radical (unpaired) electrons. The Labute approximate surface area is 156 Å². The molecule has 0 aliphatic carbocycles. The molecule has 0 saturated carbocycles. The highest BCUT2D eigenvalue weighted by atomic mass is 127. The number of guanidine groups is 1. The zero-order chi connectivity index (χ0) is 16.2. The van der Waals surface area contributed by atoms with Crippen molar-refractivity contribution in [3.63, 3.8) is 0 Å². The van der Waals surface area contributed by atoms with E-state index in [-0.39, 0.29) is 30.1 Å². The maximum atomic E-state index is 5.84. The number of ether oxygens (including phenoxy) is 3. The van der Waals surface area contributed by atoms with Crippen LogP contribution in [0.1, 0.15) is 13.8 Å². The third-order valence-electron chi connectivity index (χ3n) is 2.83. The summed E-state index contributed by atoms with van der Waals surface area (Å²) in [5, 5.41) is 6.38. The Hall–Kier alpha value is -1.22. The first kappa shape index (κ1) is 21.8. The fourth-order valence-corrected chi connectivity index (χ4v) is 1.78. The molecule has 1 rings (SSSR count). The normalized spacial score (nSPS) is 12.1. The van der Waals surface area contributed by atoms with Gasteiger partial charge in [-0.05, 0) is 26.0 Å². The number of methoxy groups -OCH3 is 2. The van der Waals surface area contributed by atoms with Gasteiger partial charge in [-0.25, -0.2) is 4.99 Å². The summed E-state index contributed by atoms with van der Waals surface area (Å²) in [4.78, 5) is 4.51. The van der Waals surface area contributed by atoms with Crippen LogP contribution in [0.2, 0.25) is 0 Å². The van der Waals surface area contributed by atoms with Gasteiger partial charge >= 0.3 is 0 Å². The lowest BCUT2D eigenvalue weighted by molar-refractivity contribution is 0.203. The quantitative estimate of drug-likeness (QED) is 0.269. The highest BCUT2D eigenvalue weighted by Gasteiger charge is 2.05. The Morgan fingerprint density at radius 2 is 1.96 bits per heavy atom. The zero-order valence-electron chi connectivity index (χ0n) is 14.3. The Morgan fingerprint density at radius 3 is 2.61 bits per heavy atom. The minimum absolute atomic E-state index is 0. The van der Waals surface area contributed by atoms with Gasteiger partial charge in [-0.3, -0.25) is 0 Å². The lowest BCUT2D eigenvalue weighted by Gasteiger charge is -2.15. The predicted molar refractivity (Wildman–Crippen MR) is 104 cm³/mol. The summed E-state index contributed by atoms with van der Waals surface area (Å²) in [6.07, 6.45) is -0.0370. The lowest BCUT2D eigenvalue weighted by atomic mass is 10.3. The number of hydrogen-bond donors (Lipinski definition) is 2. The van der Waals surface area contributed by atoms with Gasteiger partial charge in [0.2, 0.25) is 0 Å². The zero-order valence-corrected chi connectivity index (χ0v) is 16.6. The molecule has 0 aliphatic heterocycles. The molecule has 0 aromatic heterocycles. The molecule has 2 N–H and O–H groups in total. The smallest absolute Gasteiger partial charge is 0.191 e. The number of halogens is 1. The number of benzene rings is 1. The molecular formula is C16H28IN3O3. The van der Waals surface area contributed by atoms with Crippen LogP contribution < -0.4 is 20.1 Å². The molecule has 1 unspecified atom stereocenters. The van der Waals surface area contributed by atoms with Crippen LogP contribution in [0.4, 0.5) is 0 Å². The number of rotatable bonds is 9. The van der Waals surface area contributed by atoms with Crippen LogP contribution >= 0.6 is 24.0 Å². The van der Waals surface area contributed by atoms with Gasteiger partial charge in [-0.15, -0.1) is 24.0 Å². The van der Waals surface area contributed by atoms with Crippen molar-refractivity contribution in [3.8, 4) is 11.5 Å². The molecule has 1 aromatic rings. The summed E-state index contributed by atoms with van der Waals surface area (Å²) >= 11 is 0. The van der Waals surface area contributed by atoms with Gasteiger partial charge in [0.25, 0.3) is 0 Å². The topological polar surface area (TPSA) is 64.1 Å². The second-order valence-electron chi connectivity index (χ2n) is 4.75. The predicted octanol–water partition coefficient (Wildman–Crippen LogP) is 2.28. The van der Waals surface area contributed by atoms with Crippen LogP contribution in [-0.2, 0) is 4.74 Å². The lowest BCUT2D eigenvalue weighted by Crippen LogP contribution is -2.39. The van der Waals surface area contributed by atoms with Crippen molar-refractivity contribution < 1.29 is 14.2 Å². The van der Waals surface area contributed by atoms with Gasteiger partial charge < -0.3 is 24.8 Å². The first-order valence-corrected chi connectivity index (χ1v) is 7.51. The maximum Gasteiger partial charge on any atom is 0.191 e. The SMILES string of the molecule is CCNC(=NCC(C)Oc1cccc(OC)c1)NCCOC.I. The third kappa shape index (κ3) is 9.50. The van der Waals surface area contributed by atoms with Crippen LogP contribution in [0.25, 0.3) is 0 Å². The van der Waals surface area contributed by atoms with Crippen molar-refractivity contribution in [2.75, 3.05) is 40.5 Å². The Balaban J connectivity index is 0.00000484. The molecule has 0 saturated heterocycles. The van der Waals surface area contributed by atoms with Gasteiger partial charge in [0, 0.05) is 26.3 Å². The van der Waals surface area contributed by atoms with Gasteiger partial charge in [-0.1, -0.05) is 6.07 Å². The number of hydrogen-bond acceptors (Lipinski definition) is 4. The van der Waals surface area contributed by atoms with Crippen LogP contribution in [0.3, 0.4) is 0 Å². The summed E-state index contributed by atoms with van der Waals surface area (Å²) in [6.45, 7) is 6.74. The van der Waals surface area contributed by atoms with E-state index in [2.05, 4.69) is 15.6 Å². The van der Waals surface area contributed by atoms with E-state index in [1.165, 1.54) is 0 Å². The molecule has 0 aliphatic rings. The Kier molecular flexibility index (Phi) is 12.5. The standard InChI is InChI=1S/C16H27N3O3.HI/c1-5-17-16(18-9-10-20-3)19-12-13(2)22-15-8-6-7-14(11-15)21-4;/h6-8,11,13H,5,9-10,12H2,1-4H3,(H2,17,18,19);1H. The van der Waals surface area contributed by atoms with E-state index in [1.807, 2.05) is 38.1 Å². The second-order valence-corrected chi connectivity index (χ2v) is 4.75. The molecule has 0 amide bonds. The van der Waals surface area contributed by atoms with Crippen LogP contribution in [0.5, 0.6) is 11.5 Å². The van der Waals surface area contributed by atoms with Crippen molar-refractivity contribution in [1.29, 1.82) is 0 Å². The van der Waals surface area contributed by atoms with Gasteiger partial charge in [-0.2, -0.15) is 0 Å². The summed E-state index contributed by atoms with van der Waals surface area (Å²) in [5.41, 5.74) is 0. The van der Waals surface area contributed by atoms with Gasteiger partial charge in [0.15, 0.2) is 5.96 Å². The summed E-state index contributed by atoms with van der Waals surface area (Å²) in [6, 6.07) is 7.56. The van der Waals surface area contributed by atoms with E-state index in [0.29, 0.717) is 19.7 Å². The van der Waals surface area contributed by atoms with Crippen LogP contribution in [-0.4, -0.2) is 52.5 Å². The van der Waals surface area contributed by atoms with E-state index in [0.717, 1.165) is 24.0 Å². The highest BCUT2D eigenvalue weighted by molar-refractivity contribution is 14.0. The second kappa shape index (κ2) is 13.2. The van der Waals surface area contributed by atoms with Crippen LogP contribution in [0.15, 0.2) is 29.3 Å². The Bertz CT molecular complexity index is 458. The minimum Gasteiger partial charge on any atom is -0.497 e. The molecule has 23 heavy (non-hydrogen) atoms. The number of aliphatic imine (C=N–C) groups is 1. The first-order valence-electron chi connectivity index (χ1n) is 7.51. The molecule has 1 atom stereocenters. The van der Waals surface area contributed by atoms with E-state index in [1.54, 1.807) is 14.2 Å². The van der Waals surface area contributed by atoms with E-state index >= 15 is 0 Å². The van der Waals surface area contributed by atoms with Crippen molar-refractivity contribution in [2.24, 2.45) is 4.99 Å². The van der Waals surface area contributed by atoms with Crippen molar-refractivity contribution >= 4 is 29.9 Å². The fraction of sp³-hybridized carbons (Fsp3) is 0.562.